The second-order valence-electron chi connectivity index (χ2n) is 9.78. The van der Waals surface area contributed by atoms with E-state index in [1.807, 2.05) is 4.98 Å². The molecule has 4 heterocycles. The number of nitrogens with two attached hydrogens (primary N) is 1. The maximum absolute atomic E-state index is 13.7. The number of Topliss-reactive ketones (excluding diaryl/α,β-unsaturated/α-hetero) is 1. The smallest absolute Gasteiger partial charge is 0.330 e. The molecule has 0 aliphatic carbocycles. The van der Waals surface area contributed by atoms with E-state index in [4.69, 9.17) is 19.9 Å². The Morgan fingerprint density at radius 3 is 2.41 bits per heavy atom. The summed E-state index contributed by atoms with van der Waals surface area (Å²) in [7, 11) is 2.94. The zero-order valence-electron chi connectivity index (χ0n) is 21.5. The van der Waals surface area contributed by atoms with E-state index in [1.165, 1.54) is 24.9 Å². The highest BCUT2D eigenvalue weighted by Gasteiger charge is 2.55. The number of hydrogen-bond acceptors (Lipinski definition) is 13. The number of H-pyrrole nitrogens is 1. The number of aromatic amines is 1. The summed E-state index contributed by atoms with van der Waals surface area (Å²) in [6.07, 6.45) is -10.8. The van der Waals surface area contributed by atoms with Crippen LogP contribution >= 0.6 is 0 Å². The van der Waals surface area contributed by atoms with Crippen LogP contribution in [-0.2, 0) is 23.8 Å². The number of carbonyl (C=O) groups excluding carboxylic acids is 2. The van der Waals surface area contributed by atoms with Crippen LogP contribution < -0.4 is 17.0 Å². The van der Waals surface area contributed by atoms with E-state index in [0.29, 0.717) is 0 Å². The average molecular weight is 556 g/mol. The first-order chi connectivity index (χ1) is 18.4. The molecule has 3 aliphatic rings. The van der Waals surface area contributed by atoms with Crippen molar-refractivity contribution in [3.63, 3.8) is 0 Å². The van der Waals surface area contributed by atoms with Gasteiger partial charge in [0.25, 0.3) is 5.56 Å². The molecule has 2 saturated heterocycles. The second-order valence-corrected chi connectivity index (χ2v) is 9.78. The molecule has 39 heavy (non-hydrogen) atoms. The molecule has 0 radical (unpaired) electrons. The summed E-state index contributed by atoms with van der Waals surface area (Å²) in [5.74, 6) is -1.01. The van der Waals surface area contributed by atoms with Crippen molar-refractivity contribution in [3.05, 3.63) is 44.9 Å². The molecular formula is C23H33N5O11. The van der Waals surface area contributed by atoms with Crippen molar-refractivity contribution in [2.75, 3.05) is 27.2 Å². The molecule has 0 bridgehead atoms. The van der Waals surface area contributed by atoms with Crippen molar-refractivity contribution in [2.45, 2.75) is 68.2 Å². The summed E-state index contributed by atoms with van der Waals surface area (Å²) < 4.78 is 18.3. The monoisotopic (exact) mass is 555 g/mol. The Labute approximate surface area is 221 Å². The number of rotatable bonds is 7. The molecular weight excluding hydrogens is 522 g/mol. The third-order valence-electron chi connectivity index (χ3n) is 7.23. The molecule has 7 N–H and O–H groups in total. The highest BCUT2D eigenvalue weighted by Crippen LogP contribution is 2.36. The van der Waals surface area contributed by atoms with Crippen molar-refractivity contribution >= 4 is 11.7 Å². The van der Waals surface area contributed by atoms with E-state index in [-0.39, 0.29) is 24.6 Å². The summed E-state index contributed by atoms with van der Waals surface area (Å²) >= 11 is 0. The van der Waals surface area contributed by atoms with Gasteiger partial charge in [0.15, 0.2) is 18.3 Å². The van der Waals surface area contributed by atoms with Crippen LogP contribution in [0, 0.1) is 0 Å². The van der Waals surface area contributed by atoms with Crippen LogP contribution in [0.3, 0.4) is 0 Å². The molecule has 1 aromatic rings. The predicted octanol–water partition coefficient (Wildman–Crippen LogP) is -4.81. The van der Waals surface area contributed by atoms with Crippen molar-refractivity contribution < 1.29 is 44.2 Å². The molecule has 0 aromatic carbocycles. The van der Waals surface area contributed by atoms with E-state index in [0.717, 1.165) is 21.7 Å². The molecule has 0 spiro atoms. The van der Waals surface area contributed by atoms with Gasteiger partial charge in [0.05, 0.1) is 5.70 Å². The van der Waals surface area contributed by atoms with Gasteiger partial charge in [-0.1, -0.05) is 0 Å². The van der Waals surface area contributed by atoms with E-state index < -0.39 is 78.4 Å². The SMILES string of the molecule is CC(=O)C1=CCN(C)[C@@H]([C@H](OC2OC(CN)C(O)C2O)C2OC(n3ccc(=O)[nH]c3=O)C(O)C2O)C(=O)N1C. The van der Waals surface area contributed by atoms with Gasteiger partial charge < -0.3 is 45.3 Å². The Kier molecular flexibility index (Phi) is 8.50. The van der Waals surface area contributed by atoms with Crippen molar-refractivity contribution in [3.8, 4) is 0 Å². The number of allylic oxidation sites excluding steroid dienone is 1. The summed E-state index contributed by atoms with van der Waals surface area (Å²) in [5.41, 5.74) is 4.12. The van der Waals surface area contributed by atoms with Gasteiger partial charge in [0.1, 0.15) is 48.8 Å². The number of nitrogens with one attached hydrogen (secondary N) is 1. The summed E-state index contributed by atoms with van der Waals surface area (Å²) in [5, 5.41) is 42.7. The number of ether oxygens (including phenoxy) is 3. The standard InChI is InChI=1S/C23H33N5O11/c1-9(29)10-4-6-26(2)13(20(35)27(10)3)18(39-22-17(34)14(31)11(8-24)37-22)19-15(32)16(33)21(38-19)28-7-5-12(30)25-23(28)36/h4-5,7,11,13-19,21-22,31-34H,6,8,24H2,1-3H3,(H,25,30,36)/t11?,13-,14?,15?,16?,17?,18-,19?,21?,22?/m0/s1. The number of carbonyl (C=O) groups is 2. The zero-order chi connectivity index (χ0) is 28.8. The Balaban J connectivity index is 1.73. The number of aliphatic hydroxyl groups is 4. The fraction of sp³-hybridized carbons (Fsp3) is 0.652. The third kappa shape index (κ3) is 5.34. The topological polar surface area (TPSA) is 230 Å². The zero-order valence-corrected chi connectivity index (χ0v) is 21.5. The lowest BCUT2D eigenvalue weighted by Crippen LogP contribution is -2.59. The number of aliphatic hydroxyl groups excluding tert-OH is 4. The molecule has 0 saturated carbocycles. The minimum atomic E-state index is -1.73. The number of amides is 1. The summed E-state index contributed by atoms with van der Waals surface area (Å²) in [6.45, 7) is 1.23. The molecule has 2 fully saturated rings. The molecule has 16 nitrogen and oxygen atoms in total. The third-order valence-corrected chi connectivity index (χ3v) is 7.23. The van der Waals surface area contributed by atoms with Gasteiger partial charge in [-0.25, -0.2) is 4.79 Å². The van der Waals surface area contributed by atoms with Crippen LogP contribution in [0.1, 0.15) is 13.2 Å². The van der Waals surface area contributed by atoms with Crippen molar-refractivity contribution in [1.82, 2.24) is 19.4 Å². The van der Waals surface area contributed by atoms with Gasteiger partial charge in [0.2, 0.25) is 5.91 Å². The van der Waals surface area contributed by atoms with Crippen LogP contribution in [0.5, 0.6) is 0 Å². The first-order valence-corrected chi connectivity index (χ1v) is 12.3. The number of aromatic nitrogens is 2. The quantitative estimate of drug-likeness (QED) is 0.186. The summed E-state index contributed by atoms with van der Waals surface area (Å²) in [6, 6.07) is -0.250. The van der Waals surface area contributed by atoms with Crippen molar-refractivity contribution in [2.24, 2.45) is 5.73 Å². The molecule has 16 heteroatoms. The van der Waals surface area contributed by atoms with Crippen LogP contribution in [0.25, 0.3) is 0 Å². The van der Waals surface area contributed by atoms with Gasteiger partial charge in [-0.3, -0.25) is 28.8 Å². The minimum absolute atomic E-state index is 0.0891. The molecule has 4 rings (SSSR count). The normalized spacial score (nSPS) is 36.6. The van der Waals surface area contributed by atoms with Gasteiger partial charge >= 0.3 is 5.69 Å². The van der Waals surface area contributed by atoms with Crippen LogP contribution in [0.15, 0.2) is 33.6 Å². The maximum Gasteiger partial charge on any atom is 0.330 e. The first kappa shape index (κ1) is 29.2. The fourth-order valence-corrected chi connectivity index (χ4v) is 5.08. The lowest BCUT2D eigenvalue weighted by molar-refractivity contribution is -0.232. The Hall–Kier alpha value is -2.80. The molecule has 8 unspecified atom stereocenters. The Morgan fingerprint density at radius 1 is 1.13 bits per heavy atom. The molecule has 10 atom stereocenters. The lowest BCUT2D eigenvalue weighted by Gasteiger charge is -2.38. The molecule has 1 amide bonds. The average Bonchev–Trinajstić information content (AvgIpc) is 3.28. The largest absolute Gasteiger partial charge is 0.387 e. The second kappa shape index (κ2) is 11.4. The van der Waals surface area contributed by atoms with Gasteiger partial charge in [-0.15, -0.1) is 0 Å². The minimum Gasteiger partial charge on any atom is -0.387 e. The number of nitrogens with zero attached hydrogens (tertiary/aromatic N) is 3. The van der Waals surface area contributed by atoms with Crippen molar-refractivity contribution in [1.29, 1.82) is 0 Å². The molecule has 3 aliphatic heterocycles. The van der Waals surface area contributed by atoms with Gasteiger partial charge in [-0.2, -0.15) is 0 Å². The fourth-order valence-electron chi connectivity index (χ4n) is 5.08. The van der Waals surface area contributed by atoms with Gasteiger partial charge in [-0.05, 0) is 13.1 Å². The van der Waals surface area contributed by atoms with Crippen LogP contribution in [0.2, 0.25) is 0 Å². The van der Waals surface area contributed by atoms with Crippen LogP contribution in [0.4, 0.5) is 0 Å². The molecule has 1 aromatic heterocycles. The number of ketones is 1. The summed E-state index contributed by atoms with van der Waals surface area (Å²) in [4.78, 5) is 54.4. The van der Waals surface area contributed by atoms with E-state index in [1.54, 1.807) is 7.05 Å². The van der Waals surface area contributed by atoms with E-state index >= 15 is 0 Å². The first-order valence-electron chi connectivity index (χ1n) is 12.3. The highest BCUT2D eigenvalue weighted by molar-refractivity contribution is 5.98. The van der Waals surface area contributed by atoms with E-state index in [2.05, 4.69) is 0 Å². The lowest BCUT2D eigenvalue weighted by atomic mass is 9.97. The number of likely N-dealkylation sites (N-methyl/N-ethyl adjacent to an activating group) is 2. The van der Waals surface area contributed by atoms with Crippen LogP contribution in [-0.4, -0.2) is 134 Å². The van der Waals surface area contributed by atoms with E-state index in [9.17, 15) is 39.6 Å². The van der Waals surface area contributed by atoms with Gasteiger partial charge in [0, 0.05) is 39.3 Å². The Morgan fingerprint density at radius 2 is 1.82 bits per heavy atom. The molecule has 216 valence electrons. The predicted molar refractivity (Wildman–Crippen MR) is 130 cm³/mol. The maximum atomic E-state index is 13.7. The Bertz CT molecular complexity index is 1230. The highest BCUT2D eigenvalue weighted by atomic mass is 16.7. The number of hydrogen-bond donors (Lipinski definition) is 6.